The molecular formula is C78H96N2O11. The molecule has 4 N–H and O–H groups in total. The number of allylic oxidation sites excluding steroid dienone is 1. The van der Waals surface area contributed by atoms with Crippen molar-refractivity contribution in [1.82, 2.24) is 10.2 Å². The summed E-state index contributed by atoms with van der Waals surface area (Å²) in [5.74, 6) is 7.73. The van der Waals surface area contributed by atoms with Crippen molar-refractivity contribution in [1.29, 1.82) is 0 Å². The van der Waals surface area contributed by atoms with Crippen LogP contribution in [0.25, 0.3) is 0 Å². The average Bonchev–Trinajstić information content (AvgIpc) is 1.43. The molecular weight excluding hydrogens is 1140 g/mol. The summed E-state index contributed by atoms with van der Waals surface area (Å²) >= 11 is 0. The van der Waals surface area contributed by atoms with Crippen molar-refractivity contribution in [3.05, 3.63) is 83.5 Å². The second-order valence-electron chi connectivity index (χ2n) is 34.7. The minimum Gasteiger partial charge on any atom is -0.469 e. The van der Waals surface area contributed by atoms with Crippen molar-refractivity contribution in [3.8, 4) is 11.8 Å². The number of carbonyl (C=O) groups is 3. The van der Waals surface area contributed by atoms with Gasteiger partial charge >= 0.3 is 11.9 Å². The van der Waals surface area contributed by atoms with Crippen molar-refractivity contribution in [2.45, 2.75) is 215 Å². The monoisotopic (exact) mass is 1240 g/mol. The van der Waals surface area contributed by atoms with E-state index in [-0.39, 0.29) is 77.5 Å². The number of aliphatic hydroxyl groups excluding tert-OH is 3. The number of rotatable bonds is 8. The molecule has 0 radical (unpaired) electrons. The number of furan rings is 1. The van der Waals surface area contributed by atoms with Gasteiger partial charge in [-0.2, -0.15) is 0 Å². The minimum absolute atomic E-state index is 0.0482. The van der Waals surface area contributed by atoms with Crippen LogP contribution < -0.4 is 5.32 Å². The molecule has 8 heterocycles. The van der Waals surface area contributed by atoms with Crippen LogP contribution in [0.1, 0.15) is 172 Å². The van der Waals surface area contributed by atoms with E-state index in [2.05, 4.69) is 84.6 Å². The van der Waals surface area contributed by atoms with E-state index >= 15 is 19.5 Å². The summed E-state index contributed by atoms with van der Waals surface area (Å²) < 4.78 is 38.1. The van der Waals surface area contributed by atoms with Crippen LogP contribution in [0, 0.1) is 134 Å². The maximum atomic E-state index is 18.1. The number of benzene rings is 1. The topological polar surface area (TPSA) is 181 Å². The predicted octanol–water partition coefficient (Wildman–Crippen LogP) is 10.6. The van der Waals surface area contributed by atoms with Gasteiger partial charge in [0.05, 0.1) is 54.9 Å². The van der Waals surface area contributed by atoms with Crippen LogP contribution in [-0.2, 0) is 51.8 Å². The van der Waals surface area contributed by atoms with Crippen LogP contribution in [0.5, 0.6) is 0 Å². The molecule has 1 aromatic heterocycles. The van der Waals surface area contributed by atoms with Crippen molar-refractivity contribution in [2.24, 2.45) is 122 Å². The first-order valence-electron chi connectivity index (χ1n) is 36.9. The Labute approximate surface area is 536 Å². The number of nitrogens with one attached hydrogen (secondary N) is 1. The number of carbonyl (C=O) groups excluding carboxylic acids is 3. The lowest BCUT2D eigenvalue weighted by Crippen LogP contribution is -2.84. The quantitative estimate of drug-likeness (QED) is 0.0850. The normalized spacial score (nSPS) is 53.9. The molecule has 91 heavy (non-hydrogen) atoms. The fourth-order valence-electron chi connectivity index (χ4n) is 30.1. The van der Waals surface area contributed by atoms with E-state index in [0.29, 0.717) is 61.2 Å². The zero-order chi connectivity index (χ0) is 61.2. The summed E-state index contributed by atoms with van der Waals surface area (Å²) in [7, 11) is 0. The van der Waals surface area contributed by atoms with Crippen LogP contribution in [0.3, 0.4) is 0 Å². The summed E-state index contributed by atoms with van der Waals surface area (Å²) in [5.41, 5.74) is -6.00. The molecule has 10 saturated carbocycles. The van der Waals surface area contributed by atoms with Gasteiger partial charge in [-0.1, -0.05) is 93.9 Å². The highest BCUT2D eigenvalue weighted by atomic mass is 16.7. The Morgan fingerprint density at radius 3 is 2.62 bits per heavy atom. The van der Waals surface area contributed by atoms with E-state index in [1.165, 1.54) is 43.2 Å². The Hall–Kier alpha value is -4.29. The van der Waals surface area contributed by atoms with Gasteiger partial charge in [0.2, 0.25) is 0 Å². The maximum absolute atomic E-state index is 18.1. The van der Waals surface area contributed by atoms with Gasteiger partial charge in [0.1, 0.15) is 29.7 Å². The number of hydrogen-bond acceptors (Lipinski definition) is 13. The number of hydrogen-bond donors (Lipinski definition) is 4. The smallest absolute Gasteiger partial charge is 0.339 e. The molecule has 15 fully saturated rings. The third kappa shape index (κ3) is 6.51. The fourth-order valence-corrected chi connectivity index (χ4v) is 30.1. The first-order valence-corrected chi connectivity index (χ1v) is 36.9. The second kappa shape index (κ2) is 19.0. The van der Waals surface area contributed by atoms with Gasteiger partial charge in [-0.3, -0.25) is 14.9 Å². The lowest BCUT2D eigenvalue weighted by Gasteiger charge is -2.74. The third-order valence-corrected chi connectivity index (χ3v) is 32.7. The number of fused-ring (bicyclic) bond motifs is 6. The first-order chi connectivity index (χ1) is 44.2. The SMILES string of the molecule is C[C@H]1[C@@H]2CCCC[C@@H]2CC[C@@]12CCC[C@]13O[C@]45C(=C[C@H]21)C[C@@H]1CCC[C@]12C[C@@H]1C[C@]6(C)[C@]78O[C@@H]7C(=O)O[C@]6(c6ccoc6C[C@@H]([C@H]6CC[C@H]7[C@H](C=CN9CNC[C@@H]79)C6)[C@H](O)CO)CC#C[C@@H]6CC[C@H](Cc7ccccc7)C[C@@H]6[C@]86[C@H](O)C(=O)[C@H]3[C@@]4(COC(=O)[C@@H]25)[C@@H]16. The summed E-state index contributed by atoms with van der Waals surface area (Å²) in [6, 6.07) is 13.2. The van der Waals surface area contributed by atoms with Crippen LogP contribution in [0.4, 0.5) is 0 Å². The lowest BCUT2D eigenvalue weighted by atomic mass is 9.28. The van der Waals surface area contributed by atoms with Gasteiger partial charge in [0.15, 0.2) is 17.5 Å². The molecule has 20 rings (SSSR count). The van der Waals surface area contributed by atoms with Crippen LogP contribution in [0.2, 0.25) is 0 Å². The van der Waals surface area contributed by atoms with Crippen molar-refractivity contribution < 1.29 is 53.1 Å². The van der Waals surface area contributed by atoms with E-state index in [1.807, 2.05) is 6.07 Å². The Balaban J connectivity index is 0.805. The number of nitrogens with zero attached hydrogens (tertiary/aromatic N) is 1. The molecule has 13 heteroatoms. The van der Waals surface area contributed by atoms with Gasteiger partial charge in [0.25, 0.3) is 0 Å². The van der Waals surface area contributed by atoms with Crippen LogP contribution in [0.15, 0.2) is 71.0 Å². The van der Waals surface area contributed by atoms with E-state index in [1.54, 1.807) is 6.26 Å². The zero-order valence-electron chi connectivity index (χ0n) is 53.7. The molecule has 9 bridgehead atoms. The number of Topliss-reactive ketones (excluding diaryl/α,β-unsaturated/α-hetero) is 1. The van der Waals surface area contributed by atoms with Gasteiger partial charge < -0.3 is 43.6 Å². The fraction of sp³-hybridized carbons (Fsp3) is 0.756. The van der Waals surface area contributed by atoms with Gasteiger partial charge in [-0.25, -0.2) is 4.79 Å². The molecule has 2 aromatic rings. The summed E-state index contributed by atoms with van der Waals surface area (Å²) in [4.78, 5) is 52.9. The molecule has 484 valence electrons. The van der Waals surface area contributed by atoms with E-state index in [9.17, 15) is 10.2 Å². The number of aliphatic hydroxyl groups is 3. The Bertz CT molecular complexity index is 3550. The highest BCUT2D eigenvalue weighted by molar-refractivity contribution is 5.94. The van der Waals surface area contributed by atoms with Gasteiger partial charge in [-0.05, 0) is 221 Å². The number of ketones is 1. The summed E-state index contributed by atoms with van der Waals surface area (Å²) in [6.45, 7) is 6.38. The molecule has 7 aliphatic heterocycles. The van der Waals surface area contributed by atoms with Crippen LogP contribution in [-0.4, -0.2) is 106 Å². The standard InChI is InChI=1S/C78H96N2O11/c1-43-53-16-7-6-13-46(53)21-28-71(43)25-10-26-74-61(71)35-52-34-51-15-9-24-72(51)38-50-37-70(2)75(56-23-30-87-60(56)36-55(59(82)40-81)48-19-20-54-49(33-48)22-29-80-42-79-39-58(54)80)27-8-14-47-18-17-45(31-44-11-4-3-5-12-44)32-57(47)76(78(70)67(89-78)69(86)90-75)63(50)73(64(74)62(83)66(76)84)41-88-68(85)65(72)77(52,73)91-74/h3-5,11-12,22-23,29-30,35,43,45-51,53-55,57-59,61,63-67,79,81-82,84H,6-7,9-10,13,15-21,24-28,31-34,36-42H2,1-2H3/t43-,45+,46+,47+,48-,49+,50-,51-,53-,54-,55-,57-,58-,59+,61+,63+,64-,65-,66+,67+,70-,71-,72-,73+,74-,75-,76-,77-,78+/m0/s1. The highest BCUT2D eigenvalue weighted by Gasteiger charge is 3.00. The highest BCUT2D eigenvalue weighted by Crippen LogP contribution is 2.92. The molecule has 0 amide bonds. The van der Waals surface area contributed by atoms with Crippen molar-refractivity contribution in [3.63, 3.8) is 0 Å². The van der Waals surface area contributed by atoms with Crippen LogP contribution >= 0.6 is 0 Å². The summed E-state index contributed by atoms with van der Waals surface area (Å²) in [5, 5.41) is 42.1. The molecule has 29 atom stereocenters. The lowest BCUT2D eigenvalue weighted by molar-refractivity contribution is -0.315. The number of esters is 2. The molecule has 0 unspecified atom stereocenters. The van der Waals surface area contributed by atoms with E-state index in [0.717, 1.165) is 115 Å². The van der Waals surface area contributed by atoms with E-state index < -0.39 is 92.7 Å². The maximum Gasteiger partial charge on any atom is 0.339 e. The minimum atomic E-state index is -1.55. The largest absolute Gasteiger partial charge is 0.469 e. The van der Waals surface area contributed by atoms with Crippen molar-refractivity contribution in [2.75, 3.05) is 26.4 Å². The number of epoxide rings is 1. The molecule has 1 aromatic carbocycles. The number of ether oxygens (including phenoxy) is 4. The second-order valence-corrected chi connectivity index (χ2v) is 34.7. The molecule has 18 aliphatic rings. The summed E-state index contributed by atoms with van der Waals surface area (Å²) in [6.07, 6.45) is 27.2. The molecule has 7 spiro atoms. The Morgan fingerprint density at radius 1 is 0.868 bits per heavy atom. The van der Waals surface area contributed by atoms with Crippen molar-refractivity contribution >= 4 is 17.7 Å². The molecule has 13 nitrogen and oxygen atoms in total. The van der Waals surface area contributed by atoms with E-state index in [4.69, 9.17) is 23.4 Å². The zero-order valence-corrected chi connectivity index (χ0v) is 53.7. The number of cyclic esters (lactones) is 1. The first kappa shape index (κ1) is 57.0. The average molecular weight is 1240 g/mol. The molecule has 11 aliphatic carbocycles. The van der Waals surface area contributed by atoms with Gasteiger partial charge in [0, 0.05) is 47.2 Å². The predicted molar refractivity (Wildman–Crippen MR) is 334 cm³/mol. The molecule has 5 saturated heterocycles. The Morgan fingerprint density at radius 2 is 1.74 bits per heavy atom. The third-order valence-electron chi connectivity index (χ3n) is 32.7. The van der Waals surface area contributed by atoms with Gasteiger partial charge in [-0.15, -0.1) is 0 Å². The Kier molecular flexibility index (Phi) is 11.9.